The Balaban J connectivity index is 2.15. The lowest BCUT2D eigenvalue weighted by molar-refractivity contribution is 0.112. The van der Waals surface area contributed by atoms with Gasteiger partial charge in [-0.05, 0) is 12.0 Å². The van der Waals surface area contributed by atoms with Crippen molar-refractivity contribution in [1.29, 1.82) is 10.8 Å². The molecule has 0 spiro atoms. The number of methoxy groups -OCH3 is 1. The minimum absolute atomic E-state index is 0.254. The molecule has 20 heavy (non-hydrogen) atoms. The van der Waals surface area contributed by atoms with Gasteiger partial charge in [0.15, 0.2) is 11.6 Å². The summed E-state index contributed by atoms with van der Waals surface area (Å²) < 4.78 is 5.20. The van der Waals surface area contributed by atoms with Gasteiger partial charge in [-0.25, -0.2) is 0 Å². The molecular weight excluding hydrogens is 254 g/mol. The van der Waals surface area contributed by atoms with Gasteiger partial charge >= 0.3 is 0 Å². The number of rotatable bonds is 5. The molecular formula is C15H17N3O2. The number of allylic oxidation sites excluding steroid dienone is 1. The minimum atomic E-state index is 0.254. The summed E-state index contributed by atoms with van der Waals surface area (Å²) in [6.07, 6.45) is 3.39. The van der Waals surface area contributed by atoms with Crippen LogP contribution in [0.2, 0.25) is 0 Å². The van der Waals surface area contributed by atoms with Gasteiger partial charge in [0.2, 0.25) is 0 Å². The first-order valence-electron chi connectivity index (χ1n) is 6.39. The van der Waals surface area contributed by atoms with Crippen LogP contribution >= 0.6 is 0 Å². The highest BCUT2D eigenvalue weighted by Crippen LogP contribution is 2.13. The number of hydrogen-bond acceptors (Lipinski definition) is 4. The summed E-state index contributed by atoms with van der Waals surface area (Å²) in [5, 5.41) is 16.1. The molecule has 2 rings (SSSR count). The van der Waals surface area contributed by atoms with Crippen molar-refractivity contribution >= 4 is 17.8 Å². The fraction of sp³-hybridized carbons (Fsp3) is 0.267. The fourth-order valence-corrected chi connectivity index (χ4v) is 1.88. The van der Waals surface area contributed by atoms with E-state index in [2.05, 4.69) is 0 Å². The van der Waals surface area contributed by atoms with Crippen LogP contribution < -0.4 is 0 Å². The third kappa shape index (κ3) is 2.93. The lowest BCUT2D eigenvalue weighted by Gasteiger charge is -2.33. The molecule has 2 N–H and O–H groups in total. The largest absolute Gasteiger partial charge is 0.493 e. The molecule has 0 unspecified atom stereocenters. The molecule has 5 nitrogen and oxygen atoms in total. The Labute approximate surface area is 117 Å². The topological polar surface area (TPSA) is 77.2 Å². The summed E-state index contributed by atoms with van der Waals surface area (Å²) >= 11 is 0. The lowest BCUT2D eigenvalue weighted by atomic mass is 10.1. The Hall–Kier alpha value is -2.43. The Morgan fingerprint density at radius 3 is 2.35 bits per heavy atom. The first-order chi connectivity index (χ1) is 9.65. The first-order valence-corrected chi connectivity index (χ1v) is 6.39. The molecule has 1 fully saturated rings. The number of nitrogens with one attached hydrogen (secondary N) is 2. The molecule has 5 heteroatoms. The van der Waals surface area contributed by atoms with E-state index in [1.54, 1.807) is 24.3 Å². The van der Waals surface area contributed by atoms with Crippen LogP contribution in [0.4, 0.5) is 0 Å². The molecule has 1 aliphatic heterocycles. The Kier molecular flexibility index (Phi) is 4.30. The molecule has 0 aromatic heterocycles. The zero-order chi connectivity index (χ0) is 14.5. The van der Waals surface area contributed by atoms with E-state index < -0.39 is 0 Å². The van der Waals surface area contributed by atoms with Crippen LogP contribution in [0.15, 0.2) is 36.1 Å². The van der Waals surface area contributed by atoms with E-state index in [1.165, 1.54) is 13.2 Å². The molecule has 104 valence electrons. The van der Waals surface area contributed by atoms with Crippen LogP contribution in [0.5, 0.6) is 0 Å². The normalized spacial score (nSPS) is 14.4. The van der Waals surface area contributed by atoms with E-state index in [4.69, 9.17) is 15.6 Å². The van der Waals surface area contributed by atoms with Gasteiger partial charge in [-0.15, -0.1) is 0 Å². The fourth-order valence-electron chi connectivity index (χ4n) is 1.88. The Morgan fingerprint density at radius 1 is 1.25 bits per heavy atom. The molecule has 1 saturated heterocycles. The lowest BCUT2D eigenvalue weighted by Crippen LogP contribution is -2.42. The van der Waals surface area contributed by atoms with E-state index in [9.17, 15) is 4.79 Å². The van der Waals surface area contributed by atoms with Crippen molar-refractivity contribution in [1.82, 2.24) is 4.90 Å². The summed E-state index contributed by atoms with van der Waals surface area (Å²) in [6.45, 7) is 1.72. The predicted molar refractivity (Wildman–Crippen MR) is 77.7 cm³/mol. The summed E-state index contributed by atoms with van der Waals surface area (Å²) in [5.41, 5.74) is 1.51. The van der Waals surface area contributed by atoms with Crippen molar-refractivity contribution in [3.8, 4) is 0 Å². The van der Waals surface area contributed by atoms with Gasteiger partial charge in [-0.1, -0.05) is 24.3 Å². The maximum absolute atomic E-state index is 10.6. The molecule has 0 bridgehead atoms. The van der Waals surface area contributed by atoms with Gasteiger partial charge in [0.05, 0.1) is 12.8 Å². The van der Waals surface area contributed by atoms with Crippen LogP contribution in [0.1, 0.15) is 22.3 Å². The molecule has 0 amide bonds. The average molecular weight is 271 g/mol. The quantitative estimate of drug-likeness (QED) is 0.372. The van der Waals surface area contributed by atoms with Crippen LogP contribution in [-0.2, 0) is 4.74 Å². The van der Waals surface area contributed by atoms with Crippen LogP contribution in [-0.4, -0.2) is 42.9 Å². The van der Waals surface area contributed by atoms with Gasteiger partial charge in [0.1, 0.15) is 6.29 Å². The van der Waals surface area contributed by atoms with E-state index >= 15 is 0 Å². The Bertz CT molecular complexity index is 557. The molecule has 1 aliphatic rings. The molecule has 0 radical (unpaired) electrons. The molecule has 0 saturated carbocycles. The van der Waals surface area contributed by atoms with Crippen molar-refractivity contribution < 1.29 is 9.53 Å². The van der Waals surface area contributed by atoms with Crippen LogP contribution in [0, 0.1) is 10.8 Å². The molecule has 1 heterocycles. The molecule has 1 aromatic rings. The summed E-state index contributed by atoms with van der Waals surface area (Å²) in [7, 11) is 1.50. The highest BCUT2D eigenvalue weighted by atomic mass is 16.5. The number of likely N-dealkylation sites (tertiary alicyclic amines) is 1. The molecule has 0 aliphatic carbocycles. The van der Waals surface area contributed by atoms with Gasteiger partial charge in [-0.2, -0.15) is 0 Å². The minimum Gasteiger partial charge on any atom is -0.493 e. The predicted octanol–water partition coefficient (Wildman–Crippen LogP) is 2.08. The van der Waals surface area contributed by atoms with E-state index in [-0.39, 0.29) is 5.71 Å². The van der Waals surface area contributed by atoms with Crippen molar-refractivity contribution in [3.63, 3.8) is 0 Å². The highest BCUT2D eigenvalue weighted by Gasteiger charge is 2.21. The van der Waals surface area contributed by atoms with Crippen molar-refractivity contribution in [2.45, 2.75) is 6.42 Å². The third-order valence-corrected chi connectivity index (χ3v) is 3.26. The van der Waals surface area contributed by atoms with Gasteiger partial charge in [0.25, 0.3) is 0 Å². The zero-order valence-electron chi connectivity index (χ0n) is 11.3. The number of ether oxygens (including phenoxy) is 1. The molecule has 0 atom stereocenters. The summed E-state index contributed by atoms with van der Waals surface area (Å²) in [4.78, 5) is 12.5. The SMILES string of the molecule is CO/C(=C/C(=N)c1ccc(C=O)cc1)C(=N)N1CCC1. The highest BCUT2D eigenvalue weighted by molar-refractivity contribution is 6.11. The van der Waals surface area contributed by atoms with Crippen molar-refractivity contribution in [2.24, 2.45) is 0 Å². The van der Waals surface area contributed by atoms with E-state index in [0.717, 1.165) is 25.8 Å². The van der Waals surface area contributed by atoms with Crippen LogP contribution in [0.25, 0.3) is 0 Å². The van der Waals surface area contributed by atoms with Crippen LogP contribution in [0.3, 0.4) is 0 Å². The van der Waals surface area contributed by atoms with E-state index in [1.807, 2.05) is 4.90 Å². The smallest absolute Gasteiger partial charge is 0.164 e. The number of benzene rings is 1. The van der Waals surface area contributed by atoms with Crippen molar-refractivity contribution in [3.05, 3.63) is 47.2 Å². The van der Waals surface area contributed by atoms with Gasteiger partial charge in [0, 0.05) is 24.7 Å². The number of aldehydes is 1. The third-order valence-electron chi connectivity index (χ3n) is 3.26. The average Bonchev–Trinajstić information content (AvgIpc) is 2.42. The monoisotopic (exact) mass is 271 g/mol. The van der Waals surface area contributed by atoms with Gasteiger partial charge in [-0.3, -0.25) is 10.2 Å². The van der Waals surface area contributed by atoms with E-state index in [0.29, 0.717) is 22.7 Å². The second-order valence-corrected chi connectivity index (χ2v) is 4.56. The second kappa shape index (κ2) is 6.14. The zero-order valence-corrected chi connectivity index (χ0v) is 11.3. The standard InChI is InChI=1S/C15H17N3O2/c1-20-14(15(17)18-7-2-8-18)9-13(16)12-5-3-11(10-19)4-6-12/h3-6,9-10,16-17H,2,7-8H2,1H3/b14-9+,16-13?,17-15?. The Morgan fingerprint density at radius 2 is 1.90 bits per heavy atom. The van der Waals surface area contributed by atoms with Crippen molar-refractivity contribution in [2.75, 3.05) is 20.2 Å². The maximum atomic E-state index is 10.6. The van der Waals surface area contributed by atoms with Gasteiger partial charge < -0.3 is 15.0 Å². The number of amidine groups is 1. The maximum Gasteiger partial charge on any atom is 0.164 e. The summed E-state index contributed by atoms with van der Waals surface area (Å²) in [5.74, 6) is 0.696. The summed E-state index contributed by atoms with van der Waals surface area (Å²) in [6, 6.07) is 6.75. The molecule has 1 aromatic carbocycles. The number of nitrogens with zero attached hydrogens (tertiary/aromatic N) is 1. The number of hydrogen-bond donors (Lipinski definition) is 2. The second-order valence-electron chi connectivity index (χ2n) is 4.56. The number of carbonyl (C=O) groups is 1. The number of carbonyl (C=O) groups excluding carboxylic acids is 1. The first kappa shape index (κ1) is 14.0.